The van der Waals surface area contributed by atoms with Gasteiger partial charge in [0.05, 0.1) is 0 Å². The highest BCUT2D eigenvalue weighted by atomic mass is 19.1. The largest absolute Gasteiger partial charge is 0.372 e. The fourth-order valence-electron chi connectivity index (χ4n) is 1.00. The molecule has 1 atom stereocenters. The summed E-state index contributed by atoms with van der Waals surface area (Å²) < 4.78 is 17.4. The summed E-state index contributed by atoms with van der Waals surface area (Å²) in [4.78, 5) is 22.7. The van der Waals surface area contributed by atoms with Crippen LogP contribution in [-0.2, 0) is 9.53 Å². The van der Waals surface area contributed by atoms with E-state index in [-0.39, 0.29) is 5.56 Å². The molecule has 0 unspecified atom stereocenters. The van der Waals surface area contributed by atoms with Crippen molar-refractivity contribution in [2.24, 2.45) is 0 Å². The number of nitrogens with one attached hydrogen (secondary N) is 2. The zero-order valence-electron chi connectivity index (χ0n) is 9.49. The van der Waals surface area contributed by atoms with Crippen LogP contribution in [-0.4, -0.2) is 25.0 Å². The molecular weight excluding hydrogens is 227 g/mol. The summed E-state index contributed by atoms with van der Waals surface area (Å²) in [6, 6.07) is 4.95. The van der Waals surface area contributed by atoms with Crippen molar-refractivity contribution in [3.8, 4) is 0 Å². The van der Waals surface area contributed by atoms with Gasteiger partial charge in [-0.25, -0.2) is 4.39 Å². The van der Waals surface area contributed by atoms with Gasteiger partial charge in [-0.2, -0.15) is 0 Å². The smallest absolute Gasteiger partial charge is 0.269 e. The van der Waals surface area contributed by atoms with Crippen LogP contribution in [0.25, 0.3) is 0 Å². The third kappa shape index (κ3) is 3.84. The maximum atomic E-state index is 12.6. The van der Waals surface area contributed by atoms with Crippen molar-refractivity contribution < 1.29 is 18.7 Å². The molecule has 5 nitrogen and oxygen atoms in total. The molecule has 0 saturated heterocycles. The van der Waals surface area contributed by atoms with Gasteiger partial charge in [0.2, 0.25) is 0 Å². The molecule has 0 fully saturated rings. The van der Waals surface area contributed by atoms with E-state index in [1.54, 1.807) is 6.92 Å². The highest BCUT2D eigenvalue weighted by Gasteiger charge is 2.12. The third-order valence-electron chi connectivity index (χ3n) is 2.13. The van der Waals surface area contributed by atoms with Crippen molar-refractivity contribution in [3.63, 3.8) is 0 Å². The lowest BCUT2D eigenvalue weighted by Gasteiger charge is -2.11. The van der Waals surface area contributed by atoms with E-state index in [4.69, 9.17) is 4.74 Å². The second kappa shape index (κ2) is 5.95. The zero-order valence-corrected chi connectivity index (χ0v) is 9.49. The first-order valence-corrected chi connectivity index (χ1v) is 4.93. The van der Waals surface area contributed by atoms with E-state index in [1.165, 1.54) is 19.2 Å². The SMILES string of the molecule is CO[C@@H](C)C(=O)NNC(=O)c1ccc(F)cc1. The van der Waals surface area contributed by atoms with Crippen molar-refractivity contribution >= 4 is 11.8 Å². The summed E-state index contributed by atoms with van der Waals surface area (Å²) in [5.41, 5.74) is 4.63. The number of carbonyl (C=O) groups excluding carboxylic acids is 2. The molecule has 2 N–H and O–H groups in total. The second-order valence-corrected chi connectivity index (χ2v) is 3.33. The summed E-state index contributed by atoms with van der Waals surface area (Å²) in [6.07, 6.45) is -0.663. The zero-order chi connectivity index (χ0) is 12.8. The van der Waals surface area contributed by atoms with Crippen molar-refractivity contribution in [1.82, 2.24) is 10.9 Å². The first-order chi connectivity index (χ1) is 8.04. The van der Waals surface area contributed by atoms with Gasteiger partial charge in [-0.15, -0.1) is 0 Å². The number of hydrogen-bond donors (Lipinski definition) is 2. The first-order valence-electron chi connectivity index (χ1n) is 4.93. The normalized spacial score (nSPS) is 11.7. The van der Waals surface area contributed by atoms with Gasteiger partial charge in [0.25, 0.3) is 11.8 Å². The molecule has 0 bridgehead atoms. The molecule has 1 aromatic rings. The Labute approximate surface area is 97.9 Å². The number of halogens is 1. The molecule has 0 aliphatic heterocycles. The minimum Gasteiger partial charge on any atom is -0.372 e. The summed E-state index contributed by atoms with van der Waals surface area (Å²) in [7, 11) is 1.38. The van der Waals surface area contributed by atoms with Crippen LogP contribution in [0.15, 0.2) is 24.3 Å². The van der Waals surface area contributed by atoms with E-state index in [2.05, 4.69) is 10.9 Å². The van der Waals surface area contributed by atoms with Crippen LogP contribution >= 0.6 is 0 Å². The molecule has 92 valence electrons. The number of methoxy groups -OCH3 is 1. The van der Waals surface area contributed by atoms with Crippen LogP contribution in [0.1, 0.15) is 17.3 Å². The van der Waals surface area contributed by atoms with Gasteiger partial charge in [0.15, 0.2) is 0 Å². The molecule has 0 aliphatic rings. The monoisotopic (exact) mass is 240 g/mol. The molecule has 0 aromatic heterocycles. The molecule has 17 heavy (non-hydrogen) atoms. The van der Waals surface area contributed by atoms with Crippen molar-refractivity contribution in [3.05, 3.63) is 35.6 Å². The Balaban J connectivity index is 2.50. The lowest BCUT2D eigenvalue weighted by Crippen LogP contribution is -2.46. The Morgan fingerprint density at radius 2 is 1.82 bits per heavy atom. The molecule has 1 aromatic carbocycles. The van der Waals surface area contributed by atoms with Gasteiger partial charge in [-0.1, -0.05) is 0 Å². The van der Waals surface area contributed by atoms with Crippen molar-refractivity contribution in [2.45, 2.75) is 13.0 Å². The summed E-state index contributed by atoms with van der Waals surface area (Å²) in [5, 5.41) is 0. The number of amides is 2. The fourth-order valence-corrected chi connectivity index (χ4v) is 1.00. The quantitative estimate of drug-likeness (QED) is 0.761. The summed E-state index contributed by atoms with van der Waals surface area (Å²) >= 11 is 0. The fraction of sp³-hybridized carbons (Fsp3) is 0.273. The average molecular weight is 240 g/mol. The van der Waals surface area contributed by atoms with Gasteiger partial charge >= 0.3 is 0 Å². The third-order valence-corrected chi connectivity index (χ3v) is 2.13. The Morgan fingerprint density at radius 3 is 2.35 bits per heavy atom. The second-order valence-electron chi connectivity index (χ2n) is 3.33. The standard InChI is InChI=1S/C11H13FN2O3/c1-7(17-2)10(15)13-14-11(16)8-3-5-9(12)6-4-8/h3-7H,1-2H3,(H,13,15)(H,14,16)/t7-/m0/s1. The molecule has 0 spiro atoms. The number of carbonyl (C=O) groups is 2. The van der Waals surface area contributed by atoms with Crippen LogP contribution in [0.3, 0.4) is 0 Å². The number of rotatable bonds is 3. The van der Waals surface area contributed by atoms with E-state index in [9.17, 15) is 14.0 Å². The van der Waals surface area contributed by atoms with Gasteiger partial charge in [-0.3, -0.25) is 20.4 Å². The van der Waals surface area contributed by atoms with E-state index in [0.717, 1.165) is 12.1 Å². The van der Waals surface area contributed by atoms with E-state index < -0.39 is 23.7 Å². The van der Waals surface area contributed by atoms with Gasteiger partial charge in [0, 0.05) is 12.7 Å². The minimum atomic E-state index is -0.663. The van der Waals surface area contributed by atoms with Gasteiger partial charge in [-0.05, 0) is 31.2 Å². The highest BCUT2D eigenvalue weighted by Crippen LogP contribution is 2.01. The molecule has 2 amide bonds. The topological polar surface area (TPSA) is 67.4 Å². The molecule has 0 saturated carbocycles. The van der Waals surface area contributed by atoms with E-state index in [0.29, 0.717) is 0 Å². The van der Waals surface area contributed by atoms with Gasteiger partial charge < -0.3 is 4.74 Å². The van der Waals surface area contributed by atoms with Crippen LogP contribution in [0.5, 0.6) is 0 Å². The number of benzene rings is 1. The average Bonchev–Trinajstić information content (AvgIpc) is 2.35. The lowest BCUT2D eigenvalue weighted by molar-refractivity contribution is -0.130. The predicted octanol–water partition coefficient (Wildman–Crippen LogP) is 0.622. The van der Waals surface area contributed by atoms with Gasteiger partial charge in [0.1, 0.15) is 11.9 Å². The first kappa shape index (κ1) is 13.1. The van der Waals surface area contributed by atoms with Crippen LogP contribution in [0, 0.1) is 5.82 Å². The van der Waals surface area contributed by atoms with Crippen LogP contribution in [0.4, 0.5) is 4.39 Å². The Bertz CT molecular complexity index is 406. The molecule has 0 radical (unpaired) electrons. The molecule has 0 heterocycles. The summed E-state index contributed by atoms with van der Waals surface area (Å²) in [5.74, 6) is -1.43. The van der Waals surface area contributed by atoms with E-state index in [1.807, 2.05) is 0 Å². The molecular formula is C11H13FN2O3. The minimum absolute atomic E-state index is 0.247. The van der Waals surface area contributed by atoms with Crippen molar-refractivity contribution in [1.29, 1.82) is 0 Å². The maximum Gasteiger partial charge on any atom is 0.269 e. The summed E-state index contributed by atoms with van der Waals surface area (Å²) in [6.45, 7) is 1.54. The lowest BCUT2D eigenvalue weighted by atomic mass is 10.2. The van der Waals surface area contributed by atoms with Crippen LogP contribution < -0.4 is 10.9 Å². The molecule has 6 heteroatoms. The number of hydrogen-bond acceptors (Lipinski definition) is 3. The van der Waals surface area contributed by atoms with Crippen LogP contribution in [0.2, 0.25) is 0 Å². The van der Waals surface area contributed by atoms with Crippen molar-refractivity contribution in [2.75, 3.05) is 7.11 Å². The Morgan fingerprint density at radius 1 is 1.24 bits per heavy atom. The predicted molar refractivity (Wildman–Crippen MR) is 58.5 cm³/mol. The number of hydrazine groups is 1. The molecule has 0 aliphatic carbocycles. The molecule has 1 rings (SSSR count). The maximum absolute atomic E-state index is 12.6. The highest BCUT2D eigenvalue weighted by molar-refractivity contribution is 5.95. The van der Waals surface area contributed by atoms with E-state index >= 15 is 0 Å². The Kier molecular flexibility index (Phi) is 4.59. The Hall–Kier alpha value is -1.95. The number of ether oxygens (including phenoxy) is 1.